The number of rotatable bonds is 4. The molecule has 2 aliphatic heterocycles. The van der Waals surface area contributed by atoms with Crippen LogP contribution in [0.3, 0.4) is 0 Å². The number of amides is 2. The Hall–Kier alpha value is -4.10. The minimum Gasteiger partial charge on any atom is -0.508 e. The van der Waals surface area contributed by atoms with Gasteiger partial charge < -0.3 is 5.11 Å². The highest BCUT2D eigenvalue weighted by atomic mass is 16.3. The van der Waals surface area contributed by atoms with Crippen molar-refractivity contribution in [2.45, 2.75) is 51.1 Å². The fourth-order valence-electron chi connectivity index (χ4n) is 8.03. The third-order valence-corrected chi connectivity index (χ3v) is 10.0. The van der Waals surface area contributed by atoms with Crippen LogP contribution >= 0.6 is 0 Å². The molecule has 2 fully saturated rings. The van der Waals surface area contributed by atoms with Crippen LogP contribution in [0.2, 0.25) is 0 Å². The molecule has 7 nitrogen and oxygen atoms in total. The Kier molecular flexibility index (Phi) is 6.58. The number of Topliss-reactive ketones (excluding diaryl/α,β-unsaturated/α-hetero) is 1. The smallest absolute Gasteiger partial charge is 0.233 e. The van der Waals surface area contributed by atoms with Crippen LogP contribution in [0.15, 0.2) is 89.0 Å². The molecule has 0 saturated carbocycles. The second kappa shape index (κ2) is 10.3. The van der Waals surface area contributed by atoms with Crippen LogP contribution in [-0.2, 0) is 25.7 Å². The van der Waals surface area contributed by atoms with Crippen LogP contribution in [-0.4, -0.2) is 57.4 Å². The van der Waals surface area contributed by atoms with Crippen LogP contribution in [0.4, 0.5) is 0 Å². The number of carbonyl (C=O) groups excluding carboxylic acids is 4. The van der Waals surface area contributed by atoms with E-state index >= 15 is 0 Å². The molecule has 4 unspecified atom stereocenters. The zero-order valence-corrected chi connectivity index (χ0v) is 23.7. The Morgan fingerprint density at radius 2 is 1.60 bits per heavy atom. The lowest BCUT2D eigenvalue weighted by Gasteiger charge is -2.42. The zero-order valence-electron chi connectivity index (χ0n) is 23.7. The summed E-state index contributed by atoms with van der Waals surface area (Å²) in [5, 5.41) is 10.9. The van der Waals surface area contributed by atoms with Gasteiger partial charge >= 0.3 is 0 Å². The van der Waals surface area contributed by atoms with Crippen LogP contribution in [0.5, 0.6) is 5.75 Å². The highest BCUT2D eigenvalue weighted by Gasteiger charge is 2.57. The number of aromatic hydroxyl groups is 1. The number of nitrogens with zero attached hydrogens (tertiary/aromatic N) is 2. The minimum atomic E-state index is -0.625. The summed E-state index contributed by atoms with van der Waals surface area (Å²) in [6, 6.07) is 17.1. The number of piperidine rings is 1. The number of carbonyl (C=O) groups is 4. The minimum absolute atomic E-state index is 0.0438. The molecule has 0 spiro atoms. The van der Waals surface area contributed by atoms with Crippen molar-refractivity contribution in [3.05, 3.63) is 100 Å². The number of phenolic OH excluding ortho intramolecular Hbond substituents is 1. The standard InChI is InChI=1S/C35H34N2O5/c1-20-17-29(39)32-27(33(20)40)18-26-23(30(32)24-9-5-6-10-28(24)38)11-12-25-31(26)35(42)37(34(25)41)22-13-15-36(16-14-22)19-21-7-3-2-4-8-21/h2-11,17,22,25-26,30-31,38H,12-16,18-19H2,1H3. The van der Waals surface area contributed by atoms with Crippen LogP contribution < -0.4 is 0 Å². The summed E-state index contributed by atoms with van der Waals surface area (Å²) in [7, 11) is 0. The number of fused-ring (bicyclic) bond motifs is 3. The largest absolute Gasteiger partial charge is 0.508 e. The predicted molar refractivity (Wildman–Crippen MR) is 156 cm³/mol. The van der Waals surface area contributed by atoms with Crippen molar-refractivity contribution < 1.29 is 24.3 Å². The maximum atomic E-state index is 14.2. The molecule has 5 aliphatic rings. The summed E-state index contributed by atoms with van der Waals surface area (Å²) < 4.78 is 0. The number of imide groups is 1. The third-order valence-electron chi connectivity index (χ3n) is 10.0. The molecule has 7 heteroatoms. The van der Waals surface area contributed by atoms with Crippen molar-refractivity contribution in [3.8, 4) is 5.75 Å². The molecule has 2 saturated heterocycles. The monoisotopic (exact) mass is 562 g/mol. The van der Waals surface area contributed by atoms with Crippen molar-refractivity contribution >= 4 is 23.4 Å². The number of para-hydroxylation sites is 1. The number of allylic oxidation sites excluding steroid dienone is 6. The predicted octanol–water partition coefficient (Wildman–Crippen LogP) is 4.49. The van der Waals surface area contributed by atoms with Gasteiger partial charge in [0.15, 0.2) is 11.6 Å². The molecule has 0 aromatic heterocycles. The second-order valence-corrected chi connectivity index (χ2v) is 12.3. The Balaban J connectivity index is 1.18. The molecule has 42 heavy (non-hydrogen) atoms. The van der Waals surface area contributed by atoms with Crippen molar-refractivity contribution in [1.29, 1.82) is 0 Å². The first-order valence-corrected chi connectivity index (χ1v) is 14.9. The molecule has 7 rings (SSSR count). The fourth-order valence-corrected chi connectivity index (χ4v) is 8.03. The van der Waals surface area contributed by atoms with Gasteiger partial charge in [-0.25, -0.2) is 0 Å². The van der Waals surface area contributed by atoms with Crippen molar-refractivity contribution in [2.75, 3.05) is 13.1 Å². The lowest BCUT2D eigenvalue weighted by Crippen LogP contribution is -2.47. The molecule has 2 amide bonds. The molecule has 2 aromatic rings. The van der Waals surface area contributed by atoms with Gasteiger partial charge in [-0.15, -0.1) is 0 Å². The summed E-state index contributed by atoms with van der Waals surface area (Å²) >= 11 is 0. The molecule has 1 N–H and O–H groups in total. The molecule has 0 bridgehead atoms. The average molecular weight is 563 g/mol. The van der Waals surface area contributed by atoms with Crippen LogP contribution in [0.25, 0.3) is 0 Å². The molecular formula is C35H34N2O5. The summed E-state index contributed by atoms with van der Waals surface area (Å²) in [6.07, 6.45) is 5.53. The van der Waals surface area contributed by atoms with Gasteiger partial charge in [0.1, 0.15) is 5.75 Å². The Bertz CT molecular complexity index is 1590. The SMILES string of the molecule is CC1=CC(=O)C2=C(CC3C(=CCC4C(=O)N(C5CCN(Cc6ccccc6)CC5)C(=O)C43)C2c2ccccc2O)C1=O. The van der Waals surface area contributed by atoms with Gasteiger partial charge in [-0.2, -0.15) is 0 Å². The summed E-state index contributed by atoms with van der Waals surface area (Å²) in [4.78, 5) is 58.7. The molecule has 3 aliphatic carbocycles. The summed E-state index contributed by atoms with van der Waals surface area (Å²) in [6.45, 7) is 4.12. The van der Waals surface area contributed by atoms with Crippen molar-refractivity contribution in [3.63, 3.8) is 0 Å². The number of ketones is 2. The highest BCUT2D eigenvalue weighted by Crippen LogP contribution is 2.56. The molecule has 0 radical (unpaired) electrons. The normalized spacial score (nSPS) is 28.4. The number of hydrogen-bond acceptors (Lipinski definition) is 6. The molecular weight excluding hydrogens is 528 g/mol. The molecule has 2 aromatic carbocycles. The van der Waals surface area contributed by atoms with E-state index in [2.05, 4.69) is 17.0 Å². The van der Waals surface area contributed by atoms with E-state index in [1.54, 1.807) is 36.1 Å². The average Bonchev–Trinajstić information content (AvgIpc) is 3.25. The first-order chi connectivity index (χ1) is 20.3. The first kappa shape index (κ1) is 26.8. The van der Waals surface area contributed by atoms with Crippen molar-refractivity contribution in [1.82, 2.24) is 9.80 Å². The van der Waals surface area contributed by atoms with Gasteiger partial charge in [-0.3, -0.25) is 29.0 Å². The van der Waals surface area contributed by atoms with Gasteiger partial charge in [0, 0.05) is 53.9 Å². The van der Waals surface area contributed by atoms with Gasteiger partial charge in [0.05, 0.1) is 11.8 Å². The Labute approximate surface area is 245 Å². The lowest BCUT2D eigenvalue weighted by atomic mass is 9.59. The number of hydrogen-bond donors (Lipinski definition) is 1. The van der Waals surface area contributed by atoms with E-state index in [0.717, 1.165) is 38.0 Å². The van der Waals surface area contributed by atoms with Crippen LogP contribution in [0.1, 0.15) is 49.7 Å². The highest BCUT2D eigenvalue weighted by molar-refractivity contribution is 6.23. The number of likely N-dealkylation sites (tertiary alicyclic amines) is 2. The zero-order chi connectivity index (χ0) is 29.1. The van der Waals surface area contributed by atoms with E-state index in [1.807, 2.05) is 24.3 Å². The number of benzene rings is 2. The van der Waals surface area contributed by atoms with Gasteiger partial charge in [0.25, 0.3) is 0 Å². The van der Waals surface area contributed by atoms with Crippen molar-refractivity contribution in [2.24, 2.45) is 17.8 Å². The van der Waals surface area contributed by atoms with E-state index in [9.17, 15) is 24.3 Å². The Morgan fingerprint density at radius 1 is 0.881 bits per heavy atom. The third kappa shape index (κ3) is 4.21. The van der Waals surface area contributed by atoms with Gasteiger partial charge in [-0.05, 0) is 56.2 Å². The lowest BCUT2D eigenvalue weighted by molar-refractivity contribution is -0.144. The van der Waals surface area contributed by atoms with Gasteiger partial charge in [0.2, 0.25) is 11.8 Å². The molecule has 214 valence electrons. The summed E-state index contributed by atoms with van der Waals surface area (Å²) in [5.41, 5.74) is 3.86. The van der Waals surface area contributed by atoms with E-state index < -0.39 is 17.8 Å². The number of phenols is 1. The Morgan fingerprint density at radius 3 is 2.33 bits per heavy atom. The maximum Gasteiger partial charge on any atom is 0.233 e. The topological polar surface area (TPSA) is 95.0 Å². The molecule has 4 atom stereocenters. The fraction of sp³-hybridized carbons (Fsp3) is 0.371. The van der Waals surface area contributed by atoms with E-state index in [4.69, 9.17) is 0 Å². The second-order valence-electron chi connectivity index (χ2n) is 12.3. The first-order valence-electron chi connectivity index (χ1n) is 14.9. The van der Waals surface area contributed by atoms with E-state index in [1.165, 1.54) is 11.6 Å². The molecule has 2 heterocycles. The summed E-state index contributed by atoms with van der Waals surface area (Å²) in [5.74, 6) is -2.67. The van der Waals surface area contributed by atoms with Crippen LogP contribution in [0, 0.1) is 17.8 Å². The maximum absolute atomic E-state index is 14.2. The van der Waals surface area contributed by atoms with E-state index in [-0.39, 0.29) is 47.5 Å². The van der Waals surface area contributed by atoms with E-state index in [0.29, 0.717) is 28.7 Å². The van der Waals surface area contributed by atoms with Gasteiger partial charge in [-0.1, -0.05) is 60.2 Å². The quantitative estimate of drug-likeness (QED) is 0.335.